The maximum Gasteiger partial charge on any atom is 0.142 e. The summed E-state index contributed by atoms with van der Waals surface area (Å²) in [6, 6.07) is 4.12. The Balaban J connectivity index is 2.57. The fraction of sp³-hybridized carbons (Fsp3) is 0.200. The van der Waals surface area contributed by atoms with E-state index in [1.165, 1.54) is 12.1 Å². The van der Waals surface area contributed by atoms with E-state index in [-0.39, 0.29) is 10.6 Å². The quantitative estimate of drug-likeness (QED) is 0.812. The van der Waals surface area contributed by atoms with Gasteiger partial charge in [-0.1, -0.05) is 11.6 Å². The smallest absolute Gasteiger partial charge is 0.142 e. The summed E-state index contributed by atoms with van der Waals surface area (Å²) < 4.78 is 40.5. The van der Waals surface area contributed by atoms with Gasteiger partial charge in [0.1, 0.15) is 23.6 Å². The summed E-state index contributed by atoms with van der Waals surface area (Å²) in [5, 5.41) is 9.91. The van der Waals surface area contributed by atoms with Crippen LogP contribution >= 0.6 is 11.6 Å². The zero-order valence-electron chi connectivity index (χ0n) is 10.8. The van der Waals surface area contributed by atoms with E-state index in [2.05, 4.69) is 0 Å². The molecule has 1 N–H and O–H groups in total. The highest BCUT2D eigenvalue weighted by atomic mass is 35.5. The van der Waals surface area contributed by atoms with Gasteiger partial charge in [-0.05, 0) is 54.8 Å². The predicted molar refractivity (Wildman–Crippen MR) is 71.3 cm³/mol. The Morgan fingerprint density at radius 3 is 2.05 bits per heavy atom. The van der Waals surface area contributed by atoms with Gasteiger partial charge in [0, 0.05) is 5.56 Å². The van der Waals surface area contributed by atoms with Crippen LogP contribution in [0.25, 0.3) is 0 Å². The average molecular weight is 301 g/mol. The van der Waals surface area contributed by atoms with Crippen molar-refractivity contribution in [3.05, 3.63) is 69.0 Å². The van der Waals surface area contributed by atoms with Crippen LogP contribution in [-0.2, 0) is 0 Å². The Hall–Kier alpha value is -1.52. The van der Waals surface area contributed by atoms with Gasteiger partial charge < -0.3 is 5.11 Å². The molecule has 0 aromatic heterocycles. The molecule has 0 radical (unpaired) electrons. The number of aryl methyl sites for hydroxylation is 2. The molecule has 0 bridgehead atoms. The van der Waals surface area contributed by atoms with Crippen molar-refractivity contribution in [3.63, 3.8) is 0 Å². The Bertz CT molecular complexity index is 647. The molecule has 1 atom stereocenters. The van der Waals surface area contributed by atoms with E-state index < -0.39 is 23.6 Å². The number of rotatable bonds is 2. The van der Waals surface area contributed by atoms with Gasteiger partial charge in [-0.25, -0.2) is 13.2 Å². The summed E-state index contributed by atoms with van der Waals surface area (Å²) in [5.74, 6) is -2.08. The summed E-state index contributed by atoms with van der Waals surface area (Å²) >= 11 is 5.47. The number of hydrogen-bond donors (Lipinski definition) is 1. The standard InChI is InChI=1S/C15H12ClF3O/c1-7-3-9(17)4-8(2)14(7)15(20)10-5-13(19)11(16)6-12(10)18/h3-6,15,20H,1-2H3. The molecular weight excluding hydrogens is 289 g/mol. The molecule has 0 heterocycles. The van der Waals surface area contributed by atoms with Crippen molar-refractivity contribution in [3.8, 4) is 0 Å². The Labute approximate surface area is 119 Å². The van der Waals surface area contributed by atoms with Crippen molar-refractivity contribution in [1.29, 1.82) is 0 Å². The normalized spacial score (nSPS) is 12.6. The van der Waals surface area contributed by atoms with Gasteiger partial charge in [0.25, 0.3) is 0 Å². The molecule has 1 unspecified atom stereocenters. The molecule has 0 fully saturated rings. The lowest BCUT2D eigenvalue weighted by atomic mass is 9.93. The van der Waals surface area contributed by atoms with Gasteiger partial charge in [0.15, 0.2) is 0 Å². The zero-order chi connectivity index (χ0) is 15.0. The third-order valence-corrected chi connectivity index (χ3v) is 3.46. The molecule has 0 saturated heterocycles. The van der Waals surface area contributed by atoms with Gasteiger partial charge in [0.2, 0.25) is 0 Å². The topological polar surface area (TPSA) is 20.2 Å². The van der Waals surface area contributed by atoms with Crippen LogP contribution < -0.4 is 0 Å². The first-order valence-corrected chi connectivity index (χ1v) is 6.28. The van der Waals surface area contributed by atoms with Crippen LogP contribution in [0.4, 0.5) is 13.2 Å². The molecule has 2 aromatic rings. The number of benzene rings is 2. The van der Waals surface area contributed by atoms with Crippen LogP contribution in [0.3, 0.4) is 0 Å². The molecule has 2 rings (SSSR count). The van der Waals surface area contributed by atoms with E-state index in [0.29, 0.717) is 16.7 Å². The van der Waals surface area contributed by atoms with E-state index in [1.54, 1.807) is 13.8 Å². The van der Waals surface area contributed by atoms with E-state index >= 15 is 0 Å². The minimum Gasteiger partial charge on any atom is -0.384 e. The lowest BCUT2D eigenvalue weighted by molar-refractivity contribution is 0.212. The van der Waals surface area contributed by atoms with E-state index in [1.807, 2.05) is 0 Å². The van der Waals surface area contributed by atoms with Crippen LogP contribution in [0.1, 0.15) is 28.4 Å². The highest BCUT2D eigenvalue weighted by Gasteiger charge is 2.21. The summed E-state index contributed by atoms with van der Waals surface area (Å²) in [4.78, 5) is 0. The second kappa shape index (κ2) is 5.46. The molecule has 0 aliphatic heterocycles. The van der Waals surface area contributed by atoms with Crippen LogP contribution in [0.5, 0.6) is 0 Å². The van der Waals surface area contributed by atoms with Crippen molar-refractivity contribution >= 4 is 11.6 Å². The van der Waals surface area contributed by atoms with Crippen molar-refractivity contribution < 1.29 is 18.3 Å². The van der Waals surface area contributed by atoms with Crippen LogP contribution in [0.2, 0.25) is 5.02 Å². The molecule has 5 heteroatoms. The number of halogens is 4. The SMILES string of the molecule is Cc1cc(F)cc(C)c1C(O)c1cc(F)c(Cl)cc1F. The minimum absolute atomic E-state index is 0.232. The Kier molecular flexibility index (Phi) is 4.06. The summed E-state index contributed by atoms with van der Waals surface area (Å²) in [5.41, 5.74) is 1.05. The van der Waals surface area contributed by atoms with Gasteiger partial charge in [-0.15, -0.1) is 0 Å². The van der Waals surface area contributed by atoms with Gasteiger partial charge in [0.05, 0.1) is 5.02 Å². The largest absolute Gasteiger partial charge is 0.384 e. The third-order valence-electron chi connectivity index (χ3n) is 3.17. The van der Waals surface area contributed by atoms with Gasteiger partial charge in [-0.3, -0.25) is 0 Å². The molecule has 20 heavy (non-hydrogen) atoms. The first-order valence-electron chi connectivity index (χ1n) is 5.90. The van der Waals surface area contributed by atoms with Gasteiger partial charge in [-0.2, -0.15) is 0 Å². The Morgan fingerprint density at radius 1 is 0.950 bits per heavy atom. The molecule has 0 amide bonds. The van der Waals surface area contributed by atoms with E-state index in [4.69, 9.17) is 11.6 Å². The lowest BCUT2D eigenvalue weighted by Gasteiger charge is -2.18. The maximum atomic E-state index is 13.8. The molecule has 0 aliphatic rings. The van der Waals surface area contributed by atoms with E-state index in [0.717, 1.165) is 12.1 Å². The second-order valence-electron chi connectivity index (χ2n) is 4.64. The van der Waals surface area contributed by atoms with Crippen molar-refractivity contribution in [2.75, 3.05) is 0 Å². The van der Waals surface area contributed by atoms with Crippen molar-refractivity contribution in [2.24, 2.45) is 0 Å². The number of hydrogen-bond acceptors (Lipinski definition) is 1. The van der Waals surface area contributed by atoms with Crippen LogP contribution in [-0.4, -0.2) is 5.11 Å². The summed E-state index contributed by atoms with van der Waals surface area (Å²) in [6.45, 7) is 3.19. The summed E-state index contributed by atoms with van der Waals surface area (Å²) in [6.07, 6.45) is -1.39. The minimum atomic E-state index is -1.39. The van der Waals surface area contributed by atoms with Crippen LogP contribution in [0.15, 0.2) is 24.3 Å². The molecule has 0 aliphatic carbocycles. The van der Waals surface area contributed by atoms with Gasteiger partial charge >= 0.3 is 0 Å². The van der Waals surface area contributed by atoms with E-state index in [9.17, 15) is 18.3 Å². The Morgan fingerprint density at radius 2 is 1.50 bits per heavy atom. The monoisotopic (exact) mass is 300 g/mol. The van der Waals surface area contributed by atoms with Crippen molar-refractivity contribution in [2.45, 2.75) is 20.0 Å². The molecular formula is C15H12ClF3O. The fourth-order valence-electron chi connectivity index (χ4n) is 2.26. The van der Waals surface area contributed by atoms with Crippen LogP contribution in [0, 0.1) is 31.3 Å². The highest BCUT2D eigenvalue weighted by molar-refractivity contribution is 6.30. The second-order valence-corrected chi connectivity index (χ2v) is 5.05. The molecule has 2 aromatic carbocycles. The molecule has 0 spiro atoms. The lowest BCUT2D eigenvalue weighted by Crippen LogP contribution is -2.08. The third kappa shape index (κ3) is 2.67. The highest BCUT2D eigenvalue weighted by Crippen LogP contribution is 2.32. The fourth-order valence-corrected chi connectivity index (χ4v) is 2.41. The summed E-state index contributed by atoms with van der Waals surface area (Å²) in [7, 11) is 0. The van der Waals surface area contributed by atoms with Crippen molar-refractivity contribution in [1.82, 2.24) is 0 Å². The maximum absolute atomic E-state index is 13.8. The average Bonchev–Trinajstić information content (AvgIpc) is 2.32. The molecule has 1 nitrogen and oxygen atoms in total. The first-order chi connectivity index (χ1) is 9.31. The predicted octanol–water partition coefficient (Wildman–Crippen LogP) is 4.46. The molecule has 0 saturated carbocycles. The number of aliphatic hydroxyl groups is 1. The zero-order valence-corrected chi connectivity index (χ0v) is 11.6. The molecule has 106 valence electrons. The first kappa shape index (κ1) is 14.9. The number of aliphatic hydroxyl groups excluding tert-OH is 1.